The van der Waals surface area contributed by atoms with Crippen LogP contribution >= 0.6 is 0 Å². The molecule has 0 N–H and O–H groups in total. The lowest BCUT2D eigenvalue weighted by molar-refractivity contribution is 0.590. The number of fused-ring (bicyclic) bond motifs is 15. The number of aromatic nitrogens is 1. The molecule has 5 heteroatoms. The molecule has 0 aliphatic carbocycles. The Kier molecular flexibility index (Phi) is 5.96. The minimum Gasteiger partial charge on any atom is -0.456 e. The summed E-state index contributed by atoms with van der Waals surface area (Å²) in [6.45, 7) is 6.69. The van der Waals surface area contributed by atoms with E-state index in [4.69, 9.17) is 8.83 Å². The molecule has 13 rings (SSSR count). The second kappa shape index (κ2) is 10.9. The zero-order valence-corrected chi connectivity index (χ0v) is 31.8. The van der Waals surface area contributed by atoms with Crippen LogP contribution in [0.5, 0.6) is 0 Å². The van der Waals surface area contributed by atoms with E-state index in [9.17, 15) is 0 Å². The molecule has 8 aromatic carbocycles. The third kappa shape index (κ3) is 4.03. The van der Waals surface area contributed by atoms with Gasteiger partial charge in [-0.15, -0.1) is 0 Å². The van der Waals surface area contributed by atoms with Crippen LogP contribution in [0.15, 0.2) is 167 Å². The van der Waals surface area contributed by atoms with E-state index >= 15 is 0 Å². The predicted molar refractivity (Wildman–Crippen MR) is 239 cm³/mol. The van der Waals surface area contributed by atoms with Crippen molar-refractivity contribution in [3.05, 3.63) is 163 Å². The minimum absolute atomic E-state index is 0.0328. The number of benzene rings is 8. The maximum Gasteiger partial charge on any atom is 0.336 e. The third-order valence-electron chi connectivity index (χ3n) is 12.7. The molecule has 3 aromatic heterocycles. The average Bonchev–Trinajstić information content (AvgIpc) is 3.91. The summed E-state index contributed by atoms with van der Waals surface area (Å²) < 4.78 is 16.2. The molecule has 57 heavy (non-hydrogen) atoms. The second-order valence-corrected chi connectivity index (χ2v) is 16.8. The first kappa shape index (κ1) is 31.3. The normalized spacial score (nSPS) is 13.5. The van der Waals surface area contributed by atoms with Gasteiger partial charge in [-0.05, 0) is 80.9 Å². The Hall–Kier alpha value is -6.98. The van der Waals surface area contributed by atoms with Gasteiger partial charge in [0.2, 0.25) is 0 Å². The van der Waals surface area contributed by atoms with Crippen molar-refractivity contribution in [1.82, 2.24) is 4.48 Å². The monoisotopic (exact) mass is 730 g/mol. The first-order valence-electron chi connectivity index (χ1n) is 19.9. The number of anilines is 3. The molecule has 0 spiro atoms. The van der Waals surface area contributed by atoms with Crippen LogP contribution in [0.2, 0.25) is 0 Å². The Morgan fingerprint density at radius 2 is 1.18 bits per heavy atom. The fourth-order valence-corrected chi connectivity index (χ4v) is 10.2. The standard InChI is InChI=1S/C52H35BN2O2/c1-52(2,3)32-24-25-40(38(29-32)30-14-5-4-6-15-30)54-41-26-27-44-46(36-19-10-11-22-42(36)56-44)48(41)53-47-39(28-31-16-7-8-17-33(31)50(47)54)34-20-13-21-37-45-35-18-9-12-23-43(35)57-51(45)55(53)49(34)37/h4-29H,1-3H3. The highest BCUT2D eigenvalue weighted by atomic mass is 16.3. The van der Waals surface area contributed by atoms with Crippen molar-refractivity contribution in [3.63, 3.8) is 0 Å². The zero-order chi connectivity index (χ0) is 37.7. The van der Waals surface area contributed by atoms with Crippen LogP contribution in [0.1, 0.15) is 26.3 Å². The predicted octanol–water partition coefficient (Wildman–Crippen LogP) is 13.0. The van der Waals surface area contributed by atoms with Gasteiger partial charge in [-0.2, -0.15) is 0 Å². The van der Waals surface area contributed by atoms with Gasteiger partial charge in [0.15, 0.2) is 5.71 Å². The lowest BCUT2D eigenvalue weighted by Crippen LogP contribution is -2.57. The summed E-state index contributed by atoms with van der Waals surface area (Å²) in [5, 5.41) is 8.20. The van der Waals surface area contributed by atoms with Gasteiger partial charge >= 0.3 is 6.85 Å². The van der Waals surface area contributed by atoms with Gasteiger partial charge in [0.1, 0.15) is 16.7 Å². The molecule has 0 saturated heterocycles. The summed E-state index contributed by atoms with van der Waals surface area (Å²) >= 11 is 0. The number of hydrogen-bond acceptors (Lipinski definition) is 3. The van der Waals surface area contributed by atoms with E-state index in [1.54, 1.807) is 0 Å². The molecule has 0 unspecified atom stereocenters. The van der Waals surface area contributed by atoms with Crippen molar-refractivity contribution in [2.45, 2.75) is 26.2 Å². The van der Waals surface area contributed by atoms with Crippen LogP contribution in [-0.4, -0.2) is 11.3 Å². The molecule has 4 nitrogen and oxygen atoms in total. The highest BCUT2D eigenvalue weighted by molar-refractivity contribution is 6.92. The summed E-state index contributed by atoms with van der Waals surface area (Å²) in [6.07, 6.45) is 0. The van der Waals surface area contributed by atoms with Gasteiger partial charge in [-0.25, -0.2) is 0 Å². The Balaban J connectivity index is 1.27. The summed E-state index contributed by atoms with van der Waals surface area (Å²) in [6, 6.07) is 57.7. The Bertz CT molecular complexity index is 3530. The first-order chi connectivity index (χ1) is 27.9. The highest BCUT2D eigenvalue weighted by Gasteiger charge is 2.46. The average molecular weight is 731 g/mol. The van der Waals surface area contributed by atoms with Crippen LogP contribution in [0.25, 0.3) is 87.9 Å². The number of hydrogen-bond donors (Lipinski definition) is 0. The topological polar surface area (TPSA) is 34.5 Å². The summed E-state index contributed by atoms with van der Waals surface area (Å²) in [7, 11) is 0. The van der Waals surface area contributed by atoms with Gasteiger partial charge in [0.25, 0.3) is 0 Å². The molecule has 11 aromatic rings. The van der Waals surface area contributed by atoms with Crippen molar-refractivity contribution >= 4 is 101 Å². The highest BCUT2D eigenvalue weighted by Crippen LogP contribution is 2.52. The lowest BCUT2D eigenvalue weighted by Gasteiger charge is -2.42. The van der Waals surface area contributed by atoms with E-state index in [-0.39, 0.29) is 12.3 Å². The van der Waals surface area contributed by atoms with Gasteiger partial charge in [0.05, 0.1) is 16.8 Å². The van der Waals surface area contributed by atoms with Crippen molar-refractivity contribution in [3.8, 4) is 22.3 Å². The van der Waals surface area contributed by atoms with Crippen molar-refractivity contribution in [2.24, 2.45) is 0 Å². The van der Waals surface area contributed by atoms with Crippen LogP contribution in [-0.2, 0) is 5.41 Å². The Morgan fingerprint density at radius 1 is 0.491 bits per heavy atom. The first-order valence-corrected chi connectivity index (χ1v) is 19.9. The van der Waals surface area contributed by atoms with Gasteiger partial charge in [-0.3, -0.25) is 0 Å². The summed E-state index contributed by atoms with van der Waals surface area (Å²) in [4.78, 5) is 2.58. The molecule has 0 amide bonds. The maximum atomic E-state index is 7.00. The molecule has 5 heterocycles. The van der Waals surface area contributed by atoms with E-state index in [1.807, 2.05) is 0 Å². The van der Waals surface area contributed by atoms with E-state index in [1.165, 1.54) is 71.5 Å². The minimum atomic E-state index is -0.208. The zero-order valence-electron chi connectivity index (χ0n) is 31.8. The van der Waals surface area contributed by atoms with E-state index in [2.05, 4.69) is 188 Å². The van der Waals surface area contributed by atoms with Crippen molar-refractivity contribution in [1.29, 1.82) is 0 Å². The number of rotatable bonds is 2. The van der Waals surface area contributed by atoms with Gasteiger partial charge in [0, 0.05) is 49.3 Å². The number of furan rings is 2. The molecular weight excluding hydrogens is 695 g/mol. The van der Waals surface area contributed by atoms with Crippen LogP contribution in [0, 0.1) is 0 Å². The molecule has 0 saturated carbocycles. The molecule has 0 radical (unpaired) electrons. The molecule has 268 valence electrons. The largest absolute Gasteiger partial charge is 0.456 e. The van der Waals surface area contributed by atoms with Crippen molar-refractivity contribution < 1.29 is 8.83 Å². The van der Waals surface area contributed by atoms with Crippen LogP contribution < -0.4 is 15.8 Å². The van der Waals surface area contributed by atoms with Gasteiger partial charge < -0.3 is 18.2 Å². The van der Waals surface area contributed by atoms with E-state index in [0.29, 0.717) is 0 Å². The lowest BCUT2D eigenvalue weighted by atomic mass is 9.44. The summed E-state index contributed by atoms with van der Waals surface area (Å²) in [5.74, 6) is 0. The quantitative estimate of drug-likeness (QED) is 0.166. The third-order valence-corrected chi connectivity index (χ3v) is 12.7. The smallest absolute Gasteiger partial charge is 0.336 e. The maximum absolute atomic E-state index is 7.00. The van der Waals surface area contributed by atoms with E-state index < -0.39 is 0 Å². The Morgan fingerprint density at radius 3 is 1.98 bits per heavy atom. The molecule has 2 aliphatic rings. The second-order valence-electron chi connectivity index (χ2n) is 16.8. The van der Waals surface area contributed by atoms with Crippen LogP contribution in [0.3, 0.4) is 0 Å². The summed E-state index contributed by atoms with van der Waals surface area (Å²) in [5.41, 5.74) is 16.9. The number of para-hydroxylation sites is 3. The van der Waals surface area contributed by atoms with Crippen LogP contribution in [0.4, 0.5) is 17.1 Å². The Labute approximate surface area is 329 Å². The fourth-order valence-electron chi connectivity index (χ4n) is 10.2. The molecule has 0 fully saturated rings. The van der Waals surface area contributed by atoms with E-state index in [0.717, 1.165) is 50.0 Å². The molecular formula is C52H35BN2O2. The van der Waals surface area contributed by atoms with Crippen molar-refractivity contribution in [2.75, 3.05) is 4.90 Å². The molecule has 2 aliphatic heterocycles. The number of nitrogens with zero attached hydrogens (tertiary/aromatic N) is 2. The fraction of sp³-hybridized carbons (Fsp3) is 0.0769. The molecule has 0 bridgehead atoms. The molecule has 0 atom stereocenters. The van der Waals surface area contributed by atoms with Gasteiger partial charge in [-0.1, -0.05) is 136 Å². The SMILES string of the molecule is CC(C)(C)c1ccc(N2c3ccc4oc5ccccc5c4c3B3c4c(cc5ccccc5c42)-c2cccc4c5c6ccccc6oc5n3c24)c(-c2ccccc2)c1.